The molecule has 0 bridgehead atoms. The Labute approximate surface area is 114 Å². The second kappa shape index (κ2) is 6.48. The van der Waals surface area contributed by atoms with Gasteiger partial charge in [-0.15, -0.1) is 0 Å². The molecule has 0 aliphatic heterocycles. The number of hydrogen-bond donors (Lipinski definition) is 1. The van der Waals surface area contributed by atoms with Crippen LogP contribution in [0.4, 0.5) is 0 Å². The summed E-state index contributed by atoms with van der Waals surface area (Å²) in [6.07, 6.45) is 2.56. The Hall–Kier alpha value is -1.68. The molecular formula is C15H22N4. The third-order valence-corrected chi connectivity index (χ3v) is 3.39. The van der Waals surface area contributed by atoms with Crippen molar-refractivity contribution in [2.24, 2.45) is 0 Å². The van der Waals surface area contributed by atoms with Gasteiger partial charge in [-0.2, -0.15) is 5.10 Å². The molecule has 2 aromatic rings. The van der Waals surface area contributed by atoms with Crippen molar-refractivity contribution in [3.8, 4) is 0 Å². The Bertz CT molecular complexity index is 518. The van der Waals surface area contributed by atoms with Gasteiger partial charge in [-0.05, 0) is 26.5 Å². The fraction of sp³-hybridized carbons (Fsp3) is 0.467. The van der Waals surface area contributed by atoms with Gasteiger partial charge in [0.2, 0.25) is 0 Å². The molecule has 0 spiro atoms. The lowest BCUT2D eigenvalue weighted by Gasteiger charge is -2.17. The second-order valence-corrected chi connectivity index (χ2v) is 4.86. The number of nitrogens with zero attached hydrogens (tertiary/aromatic N) is 3. The quantitative estimate of drug-likeness (QED) is 0.863. The molecule has 4 nitrogen and oxygen atoms in total. The summed E-state index contributed by atoms with van der Waals surface area (Å²) < 4.78 is 1.97. The fourth-order valence-electron chi connectivity index (χ4n) is 2.41. The van der Waals surface area contributed by atoms with Gasteiger partial charge in [-0.25, -0.2) is 4.98 Å². The van der Waals surface area contributed by atoms with Crippen LogP contribution in [0, 0.1) is 6.92 Å². The maximum absolute atomic E-state index is 4.38. The summed E-state index contributed by atoms with van der Waals surface area (Å²) >= 11 is 0. The van der Waals surface area contributed by atoms with Crippen molar-refractivity contribution in [2.45, 2.75) is 32.7 Å². The summed E-state index contributed by atoms with van der Waals surface area (Å²) in [5.74, 6) is 1.49. The maximum Gasteiger partial charge on any atom is 0.138 e. The Morgan fingerprint density at radius 2 is 2.21 bits per heavy atom. The first kappa shape index (κ1) is 13.7. The van der Waals surface area contributed by atoms with E-state index in [1.807, 2.05) is 11.7 Å². The second-order valence-electron chi connectivity index (χ2n) is 4.86. The molecule has 102 valence electrons. The van der Waals surface area contributed by atoms with Crippen molar-refractivity contribution in [3.05, 3.63) is 47.5 Å². The number of likely N-dealkylation sites (N-methyl/N-ethyl adjacent to an activating group) is 1. The predicted molar refractivity (Wildman–Crippen MR) is 77.2 cm³/mol. The molecule has 4 heteroatoms. The first-order valence-corrected chi connectivity index (χ1v) is 6.82. The Balaban J connectivity index is 2.21. The predicted octanol–water partition coefficient (Wildman–Crippen LogP) is 2.15. The normalized spacial score (nSPS) is 12.6. The van der Waals surface area contributed by atoms with Crippen LogP contribution in [-0.2, 0) is 13.0 Å². The Kier molecular flexibility index (Phi) is 4.68. The van der Waals surface area contributed by atoms with Gasteiger partial charge in [-0.1, -0.05) is 29.8 Å². The van der Waals surface area contributed by atoms with Crippen molar-refractivity contribution < 1.29 is 0 Å². The monoisotopic (exact) mass is 258 g/mol. The molecule has 1 aromatic carbocycles. The molecular weight excluding hydrogens is 236 g/mol. The third kappa shape index (κ3) is 3.41. The Morgan fingerprint density at radius 1 is 1.37 bits per heavy atom. The van der Waals surface area contributed by atoms with Crippen molar-refractivity contribution in [1.82, 2.24) is 20.1 Å². The van der Waals surface area contributed by atoms with Crippen LogP contribution in [0.3, 0.4) is 0 Å². The number of aryl methyl sites for hydroxylation is 2. The van der Waals surface area contributed by atoms with Gasteiger partial charge in [0.1, 0.15) is 12.2 Å². The first-order valence-electron chi connectivity index (χ1n) is 6.82. The molecule has 0 saturated carbocycles. The highest BCUT2D eigenvalue weighted by atomic mass is 15.3. The van der Waals surface area contributed by atoms with E-state index >= 15 is 0 Å². The molecule has 19 heavy (non-hydrogen) atoms. The lowest BCUT2D eigenvalue weighted by molar-refractivity contribution is 0.556. The van der Waals surface area contributed by atoms with E-state index in [0.717, 1.165) is 25.3 Å². The summed E-state index contributed by atoms with van der Waals surface area (Å²) in [7, 11) is 1.99. The fourth-order valence-corrected chi connectivity index (χ4v) is 2.41. The van der Waals surface area contributed by atoms with Crippen LogP contribution < -0.4 is 5.32 Å². The standard InChI is InChI=1S/C15H22N4/c1-4-19-15(17-11-18-19)9-14(10-16-3)13-7-5-6-12(2)8-13/h5-8,11,14,16H,4,9-10H2,1-3H3. The number of aromatic nitrogens is 3. The highest BCUT2D eigenvalue weighted by Crippen LogP contribution is 2.20. The van der Waals surface area contributed by atoms with Crippen molar-refractivity contribution in [2.75, 3.05) is 13.6 Å². The topological polar surface area (TPSA) is 42.7 Å². The zero-order chi connectivity index (χ0) is 13.7. The largest absolute Gasteiger partial charge is 0.319 e. The third-order valence-electron chi connectivity index (χ3n) is 3.39. The van der Waals surface area contributed by atoms with E-state index in [9.17, 15) is 0 Å². The van der Waals surface area contributed by atoms with E-state index in [1.54, 1.807) is 6.33 Å². The summed E-state index contributed by atoms with van der Waals surface area (Å²) in [4.78, 5) is 4.38. The number of benzene rings is 1. The van der Waals surface area contributed by atoms with Crippen LogP contribution >= 0.6 is 0 Å². The van der Waals surface area contributed by atoms with Gasteiger partial charge in [0.05, 0.1) is 0 Å². The molecule has 1 N–H and O–H groups in total. The Morgan fingerprint density at radius 3 is 2.89 bits per heavy atom. The first-order chi connectivity index (χ1) is 9.24. The van der Waals surface area contributed by atoms with Crippen molar-refractivity contribution in [1.29, 1.82) is 0 Å². The van der Waals surface area contributed by atoms with Gasteiger partial charge < -0.3 is 5.32 Å². The van der Waals surface area contributed by atoms with Gasteiger partial charge in [-0.3, -0.25) is 4.68 Å². The molecule has 1 heterocycles. The van der Waals surface area contributed by atoms with E-state index < -0.39 is 0 Å². The summed E-state index contributed by atoms with van der Waals surface area (Å²) in [6.45, 7) is 6.04. The highest BCUT2D eigenvalue weighted by molar-refractivity contribution is 5.26. The van der Waals surface area contributed by atoms with Gasteiger partial charge in [0.15, 0.2) is 0 Å². The van der Waals surface area contributed by atoms with E-state index in [2.05, 4.69) is 53.5 Å². The van der Waals surface area contributed by atoms with E-state index in [1.165, 1.54) is 11.1 Å². The van der Waals surface area contributed by atoms with Crippen LogP contribution in [0.15, 0.2) is 30.6 Å². The number of nitrogens with one attached hydrogen (secondary N) is 1. The molecule has 2 rings (SSSR count). The van der Waals surface area contributed by atoms with Crippen LogP contribution in [0.25, 0.3) is 0 Å². The van der Waals surface area contributed by atoms with Gasteiger partial charge in [0.25, 0.3) is 0 Å². The summed E-state index contributed by atoms with van der Waals surface area (Å²) in [6, 6.07) is 8.71. The van der Waals surface area contributed by atoms with Crippen molar-refractivity contribution >= 4 is 0 Å². The molecule has 0 fully saturated rings. The molecule has 0 aliphatic carbocycles. The lowest BCUT2D eigenvalue weighted by Crippen LogP contribution is -2.21. The molecule has 0 amide bonds. The van der Waals surface area contributed by atoms with E-state index in [-0.39, 0.29) is 0 Å². The summed E-state index contributed by atoms with van der Waals surface area (Å²) in [5, 5.41) is 7.52. The van der Waals surface area contributed by atoms with E-state index in [4.69, 9.17) is 0 Å². The van der Waals surface area contributed by atoms with E-state index in [0.29, 0.717) is 5.92 Å². The smallest absolute Gasteiger partial charge is 0.138 e. The zero-order valence-electron chi connectivity index (χ0n) is 11.9. The van der Waals surface area contributed by atoms with Crippen LogP contribution in [0.2, 0.25) is 0 Å². The minimum atomic E-state index is 0.430. The lowest BCUT2D eigenvalue weighted by atomic mass is 9.94. The maximum atomic E-state index is 4.38. The summed E-state index contributed by atoms with van der Waals surface area (Å²) in [5.41, 5.74) is 2.66. The number of rotatable bonds is 6. The molecule has 1 atom stereocenters. The molecule has 1 unspecified atom stereocenters. The van der Waals surface area contributed by atoms with Crippen molar-refractivity contribution in [3.63, 3.8) is 0 Å². The highest BCUT2D eigenvalue weighted by Gasteiger charge is 2.15. The van der Waals surface area contributed by atoms with Crippen LogP contribution in [0.5, 0.6) is 0 Å². The average molecular weight is 258 g/mol. The van der Waals surface area contributed by atoms with Crippen LogP contribution in [0.1, 0.15) is 29.8 Å². The van der Waals surface area contributed by atoms with Gasteiger partial charge >= 0.3 is 0 Å². The molecule has 1 aromatic heterocycles. The molecule has 0 radical (unpaired) electrons. The number of hydrogen-bond acceptors (Lipinski definition) is 3. The zero-order valence-corrected chi connectivity index (χ0v) is 11.9. The van der Waals surface area contributed by atoms with Gasteiger partial charge in [0, 0.05) is 25.4 Å². The molecule has 0 aliphatic rings. The molecule has 0 saturated heterocycles. The van der Waals surface area contributed by atoms with Crippen LogP contribution in [-0.4, -0.2) is 28.4 Å². The minimum absolute atomic E-state index is 0.430. The minimum Gasteiger partial charge on any atom is -0.319 e. The average Bonchev–Trinajstić information content (AvgIpc) is 2.85. The SMILES string of the molecule is CCn1ncnc1CC(CNC)c1cccc(C)c1.